The van der Waals surface area contributed by atoms with E-state index in [1.807, 2.05) is 30.3 Å². The molecule has 0 fully saturated rings. The second kappa shape index (κ2) is 9.05. The molecule has 2 heterocycles. The Morgan fingerprint density at radius 3 is 2.83 bits per heavy atom. The van der Waals surface area contributed by atoms with Crippen molar-refractivity contribution < 1.29 is 23.4 Å². The van der Waals surface area contributed by atoms with E-state index in [1.54, 1.807) is 25.1 Å². The molecule has 0 aliphatic carbocycles. The van der Waals surface area contributed by atoms with Crippen molar-refractivity contribution in [1.29, 1.82) is 0 Å². The van der Waals surface area contributed by atoms with Crippen molar-refractivity contribution in [3.63, 3.8) is 0 Å². The zero-order chi connectivity index (χ0) is 20.9. The lowest BCUT2D eigenvalue weighted by molar-refractivity contribution is -0.139. The number of nitrogens with zero attached hydrogens (tertiary/aromatic N) is 1. The van der Waals surface area contributed by atoms with Crippen LogP contribution < -0.4 is 9.47 Å². The van der Waals surface area contributed by atoms with Crippen molar-refractivity contribution in [2.75, 3.05) is 13.2 Å². The van der Waals surface area contributed by atoms with Crippen LogP contribution in [0.4, 0.5) is 0 Å². The maximum atomic E-state index is 12.2. The molecule has 4 rings (SSSR count). The number of ether oxygens (including phenoxy) is 3. The van der Waals surface area contributed by atoms with Crippen LogP contribution in [0.15, 0.2) is 53.0 Å². The lowest BCUT2D eigenvalue weighted by Gasteiger charge is -2.09. The van der Waals surface area contributed by atoms with E-state index in [1.165, 1.54) is 6.08 Å². The van der Waals surface area contributed by atoms with Crippen LogP contribution in [-0.4, -0.2) is 24.2 Å². The number of hydrogen-bond donors (Lipinski definition) is 0. The molecule has 1 aliphatic heterocycles. The van der Waals surface area contributed by atoms with E-state index < -0.39 is 5.97 Å². The number of esters is 1. The highest BCUT2D eigenvalue weighted by Gasteiger charge is 2.15. The van der Waals surface area contributed by atoms with Crippen molar-refractivity contribution in [2.24, 2.45) is 0 Å². The van der Waals surface area contributed by atoms with Crippen LogP contribution in [0, 0.1) is 6.92 Å². The summed E-state index contributed by atoms with van der Waals surface area (Å²) >= 11 is 6.27. The monoisotopic (exact) mass is 425 g/mol. The van der Waals surface area contributed by atoms with Crippen LogP contribution in [0.25, 0.3) is 17.5 Å². The Bertz CT molecular complexity index is 1070. The maximum absolute atomic E-state index is 12.2. The fourth-order valence-electron chi connectivity index (χ4n) is 2.96. The number of fused-ring (bicyclic) bond motifs is 1. The summed E-state index contributed by atoms with van der Waals surface area (Å²) in [6, 6.07) is 13.0. The third kappa shape index (κ3) is 4.66. The molecule has 6 nitrogen and oxygen atoms in total. The van der Waals surface area contributed by atoms with Gasteiger partial charge in [0.15, 0.2) is 11.5 Å². The minimum Gasteiger partial charge on any atom is -0.489 e. The molecule has 0 amide bonds. The molecule has 0 bridgehead atoms. The van der Waals surface area contributed by atoms with Gasteiger partial charge in [-0.1, -0.05) is 29.8 Å². The van der Waals surface area contributed by atoms with Crippen LogP contribution in [0.2, 0.25) is 5.02 Å². The van der Waals surface area contributed by atoms with Crippen LogP contribution in [0.3, 0.4) is 0 Å². The summed E-state index contributed by atoms with van der Waals surface area (Å²) in [4.78, 5) is 16.6. The largest absolute Gasteiger partial charge is 0.489 e. The lowest BCUT2D eigenvalue weighted by Crippen LogP contribution is -2.02. The Morgan fingerprint density at radius 2 is 2.00 bits per heavy atom. The predicted octanol–water partition coefficient (Wildman–Crippen LogP) is 5.22. The van der Waals surface area contributed by atoms with Gasteiger partial charge in [0.05, 0.1) is 18.2 Å². The maximum Gasteiger partial charge on any atom is 0.331 e. The minimum absolute atomic E-state index is 0.0211. The standard InChI is InChI=1S/C23H20ClNO5/c1-15-19(25-23(30-15)17-6-3-2-4-7-17)14-29-21(26)9-8-16-12-18(24)22-20(13-16)27-10-5-11-28-22/h2-4,6-9,12-13H,5,10-11,14H2,1H3/b9-8-. The van der Waals surface area contributed by atoms with E-state index in [0.29, 0.717) is 52.6 Å². The number of benzene rings is 2. The molecule has 0 saturated heterocycles. The molecule has 0 unspecified atom stereocenters. The highest BCUT2D eigenvalue weighted by Crippen LogP contribution is 2.38. The molecular formula is C23H20ClNO5. The highest BCUT2D eigenvalue weighted by atomic mass is 35.5. The second-order valence-electron chi connectivity index (χ2n) is 6.71. The van der Waals surface area contributed by atoms with E-state index in [9.17, 15) is 4.79 Å². The molecule has 1 aromatic heterocycles. The summed E-state index contributed by atoms with van der Waals surface area (Å²) in [5.74, 6) is 1.71. The number of carbonyl (C=O) groups is 1. The van der Waals surface area contributed by atoms with Gasteiger partial charge in [-0.15, -0.1) is 0 Å². The van der Waals surface area contributed by atoms with Crippen LogP contribution in [0.1, 0.15) is 23.4 Å². The molecule has 0 radical (unpaired) electrons. The van der Waals surface area contributed by atoms with E-state index in [4.69, 9.17) is 30.2 Å². The lowest BCUT2D eigenvalue weighted by atomic mass is 10.2. The van der Waals surface area contributed by atoms with Crippen molar-refractivity contribution >= 4 is 23.6 Å². The number of carbonyl (C=O) groups excluding carboxylic acids is 1. The normalized spacial score (nSPS) is 13.3. The zero-order valence-electron chi connectivity index (χ0n) is 16.4. The SMILES string of the molecule is Cc1oc(-c2ccccc2)nc1COC(=O)/C=C\c1cc(Cl)c2c(c1)OCCCO2. The Labute approximate surface area is 179 Å². The predicted molar refractivity (Wildman–Crippen MR) is 113 cm³/mol. The van der Waals surface area contributed by atoms with Gasteiger partial charge in [-0.25, -0.2) is 9.78 Å². The van der Waals surface area contributed by atoms with Gasteiger partial charge in [-0.05, 0) is 42.8 Å². The van der Waals surface area contributed by atoms with Gasteiger partial charge in [-0.3, -0.25) is 0 Å². The number of hydrogen-bond acceptors (Lipinski definition) is 6. The summed E-state index contributed by atoms with van der Waals surface area (Å²) < 4.78 is 22.2. The van der Waals surface area contributed by atoms with Crippen molar-refractivity contribution in [1.82, 2.24) is 4.98 Å². The third-order valence-electron chi connectivity index (χ3n) is 4.50. The van der Waals surface area contributed by atoms with Gasteiger partial charge in [-0.2, -0.15) is 0 Å². The Hall–Kier alpha value is -3.25. The molecule has 7 heteroatoms. The molecule has 0 saturated carbocycles. The number of rotatable bonds is 5. The van der Waals surface area contributed by atoms with E-state index in [2.05, 4.69) is 4.98 Å². The Kier molecular flexibility index (Phi) is 6.05. The first kappa shape index (κ1) is 20.0. The minimum atomic E-state index is -0.498. The molecule has 1 aliphatic rings. The topological polar surface area (TPSA) is 70.8 Å². The van der Waals surface area contributed by atoms with Gasteiger partial charge < -0.3 is 18.6 Å². The molecule has 0 spiro atoms. The van der Waals surface area contributed by atoms with Crippen molar-refractivity contribution in [3.8, 4) is 23.0 Å². The number of halogens is 1. The first-order valence-electron chi connectivity index (χ1n) is 9.56. The zero-order valence-corrected chi connectivity index (χ0v) is 17.1. The van der Waals surface area contributed by atoms with Crippen molar-refractivity contribution in [3.05, 3.63) is 70.6 Å². The molecule has 30 heavy (non-hydrogen) atoms. The van der Waals surface area contributed by atoms with E-state index in [0.717, 1.165) is 12.0 Å². The summed E-state index contributed by atoms with van der Waals surface area (Å²) in [6.45, 7) is 2.92. The van der Waals surface area contributed by atoms with Gasteiger partial charge in [0.25, 0.3) is 0 Å². The van der Waals surface area contributed by atoms with Gasteiger partial charge in [0, 0.05) is 18.1 Å². The molecule has 3 aromatic rings. The highest BCUT2D eigenvalue weighted by molar-refractivity contribution is 6.32. The average Bonchev–Trinajstić information content (AvgIpc) is 2.96. The smallest absolute Gasteiger partial charge is 0.331 e. The second-order valence-corrected chi connectivity index (χ2v) is 7.12. The van der Waals surface area contributed by atoms with Gasteiger partial charge >= 0.3 is 5.97 Å². The van der Waals surface area contributed by atoms with Crippen LogP contribution in [-0.2, 0) is 16.1 Å². The third-order valence-corrected chi connectivity index (χ3v) is 4.78. The van der Waals surface area contributed by atoms with Crippen LogP contribution >= 0.6 is 11.6 Å². The summed E-state index contributed by atoms with van der Waals surface area (Å²) in [6.07, 6.45) is 3.74. The fourth-order valence-corrected chi connectivity index (χ4v) is 3.24. The van der Waals surface area contributed by atoms with Gasteiger partial charge in [0.2, 0.25) is 5.89 Å². The molecular weight excluding hydrogens is 406 g/mol. The first-order chi connectivity index (χ1) is 14.6. The number of aryl methyl sites for hydroxylation is 1. The summed E-state index contributed by atoms with van der Waals surface area (Å²) in [7, 11) is 0. The Morgan fingerprint density at radius 1 is 1.20 bits per heavy atom. The Balaban J connectivity index is 1.40. The summed E-state index contributed by atoms with van der Waals surface area (Å²) in [5, 5.41) is 0.439. The van der Waals surface area contributed by atoms with E-state index >= 15 is 0 Å². The number of aromatic nitrogens is 1. The molecule has 0 N–H and O–H groups in total. The first-order valence-corrected chi connectivity index (χ1v) is 9.93. The van der Waals surface area contributed by atoms with Crippen LogP contribution in [0.5, 0.6) is 11.5 Å². The fraction of sp³-hybridized carbons (Fsp3) is 0.217. The average molecular weight is 426 g/mol. The van der Waals surface area contributed by atoms with Gasteiger partial charge in [0.1, 0.15) is 18.1 Å². The van der Waals surface area contributed by atoms with Crippen molar-refractivity contribution in [2.45, 2.75) is 20.0 Å². The number of oxazole rings is 1. The quantitative estimate of drug-likeness (QED) is 0.412. The van der Waals surface area contributed by atoms with E-state index in [-0.39, 0.29) is 6.61 Å². The molecule has 154 valence electrons. The summed E-state index contributed by atoms with van der Waals surface area (Å²) in [5.41, 5.74) is 2.16. The molecule has 0 atom stereocenters. The molecule has 2 aromatic carbocycles.